The van der Waals surface area contributed by atoms with Gasteiger partial charge >= 0.3 is 0 Å². The second-order valence-electron chi connectivity index (χ2n) is 4.25. The molecule has 108 valence electrons. The van der Waals surface area contributed by atoms with E-state index in [1.165, 1.54) is 7.05 Å². The maximum atomic E-state index is 13.1. The molecule has 19 heavy (non-hydrogen) atoms. The molecule has 0 bridgehead atoms. The Hall–Kier alpha value is -1.05. The van der Waals surface area contributed by atoms with Crippen molar-refractivity contribution in [1.29, 1.82) is 0 Å². The summed E-state index contributed by atoms with van der Waals surface area (Å²) in [6.45, 7) is 0.890. The zero-order valence-corrected chi connectivity index (χ0v) is 11.6. The van der Waals surface area contributed by atoms with Gasteiger partial charge in [0.15, 0.2) is 11.6 Å². The van der Waals surface area contributed by atoms with E-state index in [4.69, 9.17) is 5.73 Å². The van der Waals surface area contributed by atoms with Gasteiger partial charge in [0.05, 0.1) is 4.90 Å². The molecule has 0 amide bonds. The molecule has 4 nitrogen and oxygen atoms in total. The summed E-state index contributed by atoms with van der Waals surface area (Å²) in [5.74, 6) is -2.23. The average Bonchev–Trinajstić information content (AvgIpc) is 2.37. The molecule has 0 heterocycles. The van der Waals surface area contributed by atoms with Crippen molar-refractivity contribution < 1.29 is 17.2 Å². The van der Waals surface area contributed by atoms with Crippen LogP contribution >= 0.6 is 0 Å². The van der Waals surface area contributed by atoms with Crippen molar-refractivity contribution in [2.45, 2.75) is 24.2 Å². The minimum atomic E-state index is -3.77. The summed E-state index contributed by atoms with van der Waals surface area (Å²) in [7, 11) is -2.35. The van der Waals surface area contributed by atoms with Crippen molar-refractivity contribution in [1.82, 2.24) is 4.31 Å². The molecule has 0 radical (unpaired) electrons. The molecule has 0 aliphatic heterocycles. The van der Waals surface area contributed by atoms with Crippen molar-refractivity contribution in [2.75, 3.05) is 20.1 Å². The molecule has 0 unspecified atom stereocenters. The van der Waals surface area contributed by atoms with E-state index < -0.39 is 21.7 Å². The van der Waals surface area contributed by atoms with Crippen molar-refractivity contribution in [3.05, 3.63) is 29.8 Å². The van der Waals surface area contributed by atoms with Gasteiger partial charge in [0, 0.05) is 13.6 Å². The van der Waals surface area contributed by atoms with E-state index in [0.717, 1.165) is 29.3 Å². The van der Waals surface area contributed by atoms with E-state index >= 15 is 0 Å². The molecule has 0 fully saturated rings. The van der Waals surface area contributed by atoms with Crippen LogP contribution in [0.3, 0.4) is 0 Å². The van der Waals surface area contributed by atoms with E-state index in [1.54, 1.807) is 0 Å². The van der Waals surface area contributed by atoms with Crippen molar-refractivity contribution >= 4 is 10.0 Å². The van der Waals surface area contributed by atoms with Crippen LogP contribution in [0, 0.1) is 11.6 Å². The van der Waals surface area contributed by atoms with Gasteiger partial charge in [-0.25, -0.2) is 21.5 Å². The number of sulfonamides is 1. The largest absolute Gasteiger partial charge is 0.330 e. The van der Waals surface area contributed by atoms with E-state index in [1.807, 2.05) is 0 Å². The first-order valence-electron chi connectivity index (χ1n) is 6.01. The predicted octanol–water partition coefficient (Wildman–Crippen LogP) is 1.71. The lowest BCUT2D eigenvalue weighted by molar-refractivity contribution is 0.451. The smallest absolute Gasteiger partial charge is 0.242 e. The van der Waals surface area contributed by atoms with Crippen LogP contribution in [-0.2, 0) is 10.0 Å². The van der Waals surface area contributed by atoms with Gasteiger partial charge in [-0.1, -0.05) is 6.42 Å². The summed E-state index contributed by atoms with van der Waals surface area (Å²) in [4.78, 5) is -0.243. The van der Waals surface area contributed by atoms with Crippen LogP contribution in [0.25, 0.3) is 0 Å². The third-order valence-electron chi connectivity index (χ3n) is 2.78. The number of halogens is 2. The molecule has 1 rings (SSSR count). The first kappa shape index (κ1) is 16.0. The number of nitrogens with two attached hydrogens (primary N) is 1. The molecule has 0 saturated carbocycles. The van der Waals surface area contributed by atoms with Crippen LogP contribution in [0.5, 0.6) is 0 Å². The van der Waals surface area contributed by atoms with Gasteiger partial charge in [0.2, 0.25) is 10.0 Å². The van der Waals surface area contributed by atoms with Gasteiger partial charge in [-0.15, -0.1) is 0 Å². The van der Waals surface area contributed by atoms with E-state index in [2.05, 4.69) is 0 Å². The topological polar surface area (TPSA) is 63.4 Å². The minimum absolute atomic E-state index is 0.243. The third kappa shape index (κ3) is 4.22. The fourth-order valence-corrected chi connectivity index (χ4v) is 2.81. The average molecular weight is 292 g/mol. The monoisotopic (exact) mass is 292 g/mol. The molecule has 1 aromatic rings. The number of rotatable bonds is 7. The van der Waals surface area contributed by atoms with Crippen LogP contribution in [0.15, 0.2) is 23.1 Å². The van der Waals surface area contributed by atoms with E-state index in [-0.39, 0.29) is 4.90 Å². The summed E-state index contributed by atoms with van der Waals surface area (Å²) >= 11 is 0. The fourth-order valence-electron chi connectivity index (χ4n) is 1.59. The van der Waals surface area contributed by atoms with E-state index in [9.17, 15) is 17.2 Å². The quantitative estimate of drug-likeness (QED) is 0.778. The lowest BCUT2D eigenvalue weighted by Gasteiger charge is -2.17. The normalized spacial score (nSPS) is 12.1. The molecule has 0 aliphatic rings. The number of hydrogen-bond acceptors (Lipinski definition) is 3. The Kier molecular flexibility index (Phi) is 5.84. The lowest BCUT2D eigenvalue weighted by atomic mass is 10.2. The van der Waals surface area contributed by atoms with Gasteiger partial charge in [-0.3, -0.25) is 0 Å². The highest BCUT2D eigenvalue weighted by atomic mass is 32.2. The van der Waals surface area contributed by atoms with Gasteiger partial charge in [0.25, 0.3) is 0 Å². The zero-order chi connectivity index (χ0) is 14.5. The molecule has 0 aromatic heterocycles. The second kappa shape index (κ2) is 6.93. The zero-order valence-electron chi connectivity index (χ0n) is 10.8. The number of hydrogen-bond donors (Lipinski definition) is 1. The molecule has 7 heteroatoms. The van der Waals surface area contributed by atoms with Gasteiger partial charge in [-0.05, 0) is 37.6 Å². The summed E-state index contributed by atoms with van der Waals surface area (Å²) in [5.41, 5.74) is 5.34. The third-order valence-corrected chi connectivity index (χ3v) is 4.63. The molecule has 2 N–H and O–H groups in total. The van der Waals surface area contributed by atoms with Crippen LogP contribution in [-0.4, -0.2) is 32.9 Å². The number of nitrogens with zero attached hydrogens (tertiary/aromatic N) is 1. The Morgan fingerprint density at radius 2 is 1.84 bits per heavy atom. The molecule has 0 spiro atoms. The summed E-state index contributed by atoms with van der Waals surface area (Å²) in [5, 5.41) is 0. The highest BCUT2D eigenvalue weighted by Gasteiger charge is 2.21. The lowest BCUT2D eigenvalue weighted by Crippen LogP contribution is -2.28. The minimum Gasteiger partial charge on any atom is -0.330 e. The summed E-state index contributed by atoms with van der Waals surface area (Å²) in [6.07, 6.45) is 2.34. The first-order valence-corrected chi connectivity index (χ1v) is 7.45. The highest BCUT2D eigenvalue weighted by molar-refractivity contribution is 7.89. The van der Waals surface area contributed by atoms with Crippen LogP contribution in [0.1, 0.15) is 19.3 Å². The predicted molar refractivity (Wildman–Crippen MR) is 69.1 cm³/mol. The molecular formula is C12H18F2N2O2S. The number of unbranched alkanes of at least 4 members (excludes halogenated alkanes) is 2. The maximum Gasteiger partial charge on any atom is 0.242 e. The Morgan fingerprint density at radius 3 is 2.42 bits per heavy atom. The SMILES string of the molecule is CN(CCCCCN)S(=O)(=O)c1ccc(F)c(F)c1. The molecule has 1 aromatic carbocycles. The molecule has 0 atom stereocenters. The number of benzene rings is 1. The van der Waals surface area contributed by atoms with Crippen molar-refractivity contribution in [3.8, 4) is 0 Å². The fraction of sp³-hybridized carbons (Fsp3) is 0.500. The maximum absolute atomic E-state index is 13.1. The van der Waals surface area contributed by atoms with Gasteiger partial charge < -0.3 is 5.73 Å². The first-order chi connectivity index (χ1) is 8.89. The Balaban J connectivity index is 2.76. The molecule has 0 saturated heterocycles. The molecular weight excluding hydrogens is 274 g/mol. The second-order valence-corrected chi connectivity index (χ2v) is 6.30. The molecule has 0 aliphatic carbocycles. The van der Waals surface area contributed by atoms with Crippen molar-refractivity contribution in [2.24, 2.45) is 5.73 Å². The Bertz CT molecular complexity index is 520. The Labute approximate surface area is 112 Å². The summed E-state index contributed by atoms with van der Waals surface area (Å²) in [6, 6.07) is 2.57. The Morgan fingerprint density at radius 1 is 1.16 bits per heavy atom. The van der Waals surface area contributed by atoms with Gasteiger partial charge in [-0.2, -0.15) is 0 Å². The van der Waals surface area contributed by atoms with Crippen molar-refractivity contribution in [3.63, 3.8) is 0 Å². The van der Waals surface area contributed by atoms with Crippen LogP contribution < -0.4 is 5.73 Å². The standard InChI is InChI=1S/C12H18F2N2O2S/c1-16(8-4-2-3-7-15)19(17,18)10-5-6-11(13)12(14)9-10/h5-6,9H,2-4,7-8,15H2,1H3. The van der Waals surface area contributed by atoms with Crippen LogP contribution in [0.4, 0.5) is 8.78 Å². The van der Waals surface area contributed by atoms with Crippen LogP contribution in [0.2, 0.25) is 0 Å². The van der Waals surface area contributed by atoms with Gasteiger partial charge in [0.1, 0.15) is 0 Å². The highest BCUT2D eigenvalue weighted by Crippen LogP contribution is 2.17. The summed E-state index contributed by atoms with van der Waals surface area (Å²) < 4.78 is 51.1. The van der Waals surface area contributed by atoms with E-state index in [0.29, 0.717) is 25.6 Å².